The van der Waals surface area contributed by atoms with Crippen LogP contribution in [0.3, 0.4) is 0 Å². The number of hydrogen-bond acceptors (Lipinski definition) is 4. The van der Waals surface area contributed by atoms with Crippen molar-refractivity contribution in [2.45, 2.75) is 13.1 Å². The van der Waals surface area contributed by atoms with Crippen molar-refractivity contribution in [1.29, 1.82) is 0 Å². The number of hydrogen-bond donors (Lipinski definition) is 1. The van der Waals surface area contributed by atoms with Crippen molar-refractivity contribution < 1.29 is 9.13 Å². The summed E-state index contributed by atoms with van der Waals surface area (Å²) in [5, 5.41) is 4.00. The number of aromatic nitrogens is 2. The number of methoxy groups -OCH3 is 1. The molecule has 3 aromatic rings. The Labute approximate surface area is 145 Å². The Hall–Kier alpha value is -2.57. The molecule has 0 atom stereocenters. The number of benzene rings is 1. The zero-order valence-corrected chi connectivity index (χ0v) is 14.0. The van der Waals surface area contributed by atoms with Gasteiger partial charge in [0.15, 0.2) is 0 Å². The summed E-state index contributed by atoms with van der Waals surface area (Å²) in [5.41, 5.74) is 1.80. The van der Waals surface area contributed by atoms with Gasteiger partial charge in [-0.3, -0.25) is 9.78 Å². The van der Waals surface area contributed by atoms with Crippen molar-refractivity contribution in [2.24, 2.45) is 0 Å². The van der Waals surface area contributed by atoms with Crippen LogP contribution >= 0.6 is 0 Å². The van der Waals surface area contributed by atoms with Crippen LogP contribution in [0, 0.1) is 5.82 Å². The van der Waals surface area contributed by atoms with Crippen LogP contribution in [-0.2, 0) is 17.8 Å². The number of rotatable bonds is 7. The highest BCUT2D eigenvalue weighted by Gasteiger charge is 2.11. The van der Waals surface area contributed by atoms with Crippen molar-refractivity contribution in [1.82, 2.24) is 14.9 Å². The predicted molar refractivity (Wildman–Crippen MR) is 95.1 cm³/mol. The van der Waals surface area contributed by atoms with Crippen molar-refractivity contribution in [2.75, 3.05) is 20.3 Å². The van der Waals surface area contributed by atoms with Crippen LogP contribution in [0.5, 0.6) is 0 Å². The highest BCUT2D eigenvalue weighted by Crippen LogP contribution is 2.16. The predicted octanol–water partition coefficient (Wildman–Crippen LogP) is 2.32. The standard InChI is InChI=1S/C19H20FN3O2/c1-25-9-8-21-12-15-10-14-5-6-16(20)11-18(14)23(19(15)24)13-17-4-2-3-7-22-17/h2-7,10-11,21H,8-9,12-13H2,1H3. The number of pyridine rings is 2. The third kappa shape index (κ3) is 4.10. The second-order valence-corrected chi connectivity index (χ2v) is 5.75. The van der Waals surface area contributed by atoms with Crippen molar-refractivity contribution in [3.8, 4) is 0 Å². The molecule has 6 heteroatoms. The molecule has 130 valence electrons. The molecule has 0 saturated carbocycles. The van der Waals surface area contributed by atoms with Crippen LogP contribution in [0.25, 0.3) is 10.9 Å². The lowest BCUT2D eigenvalue weighted by molar-refractivity contribution is 0.199. The van der Waals surface area contributed by atoms with Gasteiger partial charge in [-0.25, -0.2) is 4.39 Å². The lowest BCUT2D eigenvalue weighted by Gasteiger charge is -2.13. The van der Waals surface area contributed by atoms with Gasteiger partial charge in [0.2, 0.25) is 0 Å². The third-order valence-corrected chi connectivity index (χ3v) is 3.98. The van der Waals surface area contributed by atoms with E-state index < -0.39 is 0 Å². The fourth-order valence-electron chi connectivity index (χ4n) is 2.74. The summed E-state index contributed by atoms with van der Waals surface area (Å²) >= 11 is 0. The normalized spacial score (nSPS) is 11.1. The van der Waals surface area contributed by atoms with Gasteiger partial charge < -0.3 is 14.6 Å². The Morgan fingerprint density at radius 1 is 1.24 bits per heavy atom. The molecule has 0 aliphatic carbocycles. The molecule has 1 N–H and O–H groups in total. The minimum absolute atomic E-state index is 0.145. The van der Waals surface area contributed by atoms with Crippen LogP contribution in [0.1, 0.15) is 11.3 Å². The number of nitrogens with zero attached hydrogens (tertiary/aromatic N) is 2. The second-order valence-electron chi connectivity index (χ2n) is 5.75. The molecule has 0 radical (unpaired) electrons. The molecule has 0 aliphatic heterocycles. The summed E-state index contributed by atoms with van der Waals surface area (Å²) in [6.45, 7) is 1.95. The van der Waals surface area contributed by atoms with Crippen LogP contribution in [0.15, 0.2) is 53.5 Å². The lowest BCUT2D eigenvalue weighted by Crippen LogP contribution is -2.29. The molecular formula is C19H20FN3O2. The molecule has 0 amide bonds. The van der Waals surface area contributed by atoms with E-state index in [1.807, 2.05) is 24.3 Å². The van der Waals surface area contributed by atoms with Crippen molar-refractivity contribution in [3.63, 3.8) is 0 Å². The first-order valence-electron chi connectivity index (χ1n) is 8.10. The number of nitrogens with one attached hydrogen (secondary N) is 1. The smallest absolute Gasteiger partial charge is 0.255 e. The molecule has 0 bridgehead atoms. The first-order valence-corrected chi connectivity index (χ1v) is 8.10. The fraction of sp³-hybridized carbons (Fsp3) is 0.263. The Bertz CT molecular complexity index is 910. The van der Waals surface area contributed by atoms with Gasteiger partial charge in [0, 0.05) is 32.0 Å². The molecule has 3 rings (SSSR count). The average Bonchev–Trinajstić information content (AvgIpc) is 2.63. The highest BCUT2D eigenvalue weighted by atomic mass is 19.1. The Morgan fingerprint density at radius 3 is 2.88 bits per heavy atom. The quantitative estimate of drug-likeness (QED) is 0.670. The monoisotopic (exact) mass is 341 g/mol. The van der Waals surface area contributed by atoms with Gasteiger partial charge in [-0.2, -0.15) is 0 Å². The summed E-state index contributed by atoms with van der Waals surface area (Å²) in [5.74, 6) is -0.368. The molecule has 0 fully saturated rings. The van der Waals surface area contributed by atoms with E-state index in [1.54, 1.807) is 23.9 Å². The SMILES string of the molecule is COCCNCc1cc2ccc(F)cc2n(Cc2ccccn2)c1=O. The van der Waals surface area contributed by atoms with E-state index in [0.29, 0.717) is 37.3 Å². The Morgan fingerprint density at radius 2 is 2.12 bits per heavy atom. The summed E-state index contributed by atoms with van der Waals surface area (Å²) < 4.78 is 20.3. The van der Waals surface area contributed by atoms with Crippen LogP contribution < -0.4 is 10.9 Å². The number of fused-ring (bicyclic) bond motifs is 1. The molecule has 2 aromatic heterocycles. The molecule has 0 spiro atoms. The van der Waals surface area contributed by atoms with E-state index in [2.05, 4.69) is 10.3 Å². The summed E-state index contributed by atoms with van der Waals surface area (Å²) in [4.78, 5) is 17.2. The topological polar surface area (TPSA) is 56.1 Å². The van der Waals surface area contributed by atoms with Gasteiger partial charge in [0.05, 0.1) is 24.4 Å². The maximum absolute atomic E-state index is 13.7. The van der Waals surface area contributed by atoms with Gasteiger partial charge in [-0.05, 0) is 41.8 Å². The zero-order valence-electron chi connectivity index (χ0n) is 14.0. The molecule has 5 nitrogen and oxygen atoms in total. The van der Waals surface area contributed by atoms with Crippen LogP contribution in [-0.4, -0.2) is 29.8 Å². The van der Waals surface area contributed by atoms with Crippen LogP contribution in [0.2, 0.25) is 0 Å². The van der Waals surface area contributed by atoms with Crippen molar-refractivity contribution in [3.05, 3.63) is 76.1 Å². The molecule has 25 heavy (non-hydrogen) atoms. The first kappa shape index (κ1) is 17.3. The summed E-state index contributed by atoms with van der Waals surface area (Å²) in [6, 6.07) is 11.8. The van der Waals surface area contributed by atoms with Gasteiger partial charge in [0.25, 0.3) is 5.56 Å². The Kier molecular flexibility index (Phi) is 5.53. The highest BCUT2D eigenvalue weighted by molar-refractivity contribution is 5.79. The minimum atomic E-state index is -0.368. The number of ether oxygens (including phenoxy) is 1. The fourth-order valence-corrected chi connectivity index (χ4v) is 2.74. The van der Waals surface area contributed by atoms with E-state index in [4.69, 9.17) is 4.74 Å². The molecule has 2 heterocycles. The van der Waals surface area contributed by atoms with E-state index in [1.165, 1.54) is 12.1 Å². The third-order valence-electron chi connectivity index (χ3n) is 3.98. The van der Waals surface area contributed by atoms with E-state index in [9.17, 15) is 9.18 Å². The maximum atomic E-state index is 13.7. The van der Waals surface area contributed by atoms with Crippen LogP contribution in [0.4, 0.5) is 4.39 Å². The number of halogens is 1. The summed E-state index contributed by atoms with van der Waals surface area (Å²) in [7, 11) is 1.63. The average molecular weight is 341 g/mol. The zero-order chi connectivity index (χ0) is 17.6. The first-order chi connectivity index (χ1) is 12.2. The van der Waals surface area contributed by atoms with E-state index in [0.717, 1.165) is 11.1 Å². The van der Waals surface area contributed by atoms with Crippen molar-refractivity contribution >= 4 is 10.9 Å². The Balaban J connectivity index is 2.02. The second kappa shape index (κ2) is 8.00. The molecule has 0 saturated heterocycles. The van der Waals surface area contributed by atoms with E-state index >= 15 is 0 Å². The van der Waals surface area contributed by atoms with Gasteiger partial charge in [-0.1, -0.05) is 6.07 Å². The molecule has 0 aliphatic rings. The van der Waals surface area contributed by atoms with Gasteiger partial charge in [0.1, 0.15) is 5.82 Å². The molecular weight excluding hydrogens is 321 g/mol. The minimum Gasteiger partial charge on any atom is -0.383 e. The summed E-state index contributed by atoms with van der Waals surface area (Å²) in [6.07, 6.45) is 1.68. The maximum Gasteiger partial charge on any atom is 0.255 e. The lowest BCUT2D eigenvalue weighted by atomic mass is 10.1. The molecule has 1 aromatic carbocycles. The van der Waals surface area contributed by atoms with Gasteiger partial charge >= 0.3 is 0 Å². The largest absolute Gasteiger partial charge is 0.383 e. The van der Waals surface area contributed by atoms with E-state index in [-0.39, 0.29) is 11.4 Å². The molecule has 0 unspecified atom stereocenters. The van der Waals surface area contributed by atoms with Gasteiger partial charge in [-0.15, -0.1) is 0 Å².